The topological polar surface area (TPSA) is 73.7 Å². The van der Waals surface area contributed by atoms with E-state index >= 15 is 0 Å². The Hall–Kier alpha value is -3.03. The summed E-state index contributed by atoms with van der Waals surface area (Å²) in [6.45, 7) is 0.434. The number of carbonyl (C=O) groups excluding carboxylic acids is 1. The van der Waals surface area contributed by atoms with Crippen LogP contribution >= 0.6 is 0 Å². The lowest BCUT2D eigenvalue weighted by Gasteiger charge is -2.20. The molecule has 0 aliphatic heterocycles. The maximum absolute atomic E-state index is 13.0. The van der Waals surface area contributed by atoms with Crippen LogP contribution in [0.4, 0.5) is 10.2 Å². The van der Waals surface area contributed by atoms with E-state index in [2.05, 4.69) is 4.98 Å². The quantitative estimate of drug-likeness (QED) is 0.486. The summed E-state index contributed by atoms with van der Waals surface area (Å²) in [6, 6.07) is 16.4. The Morgan fingerprint density at radius 2 is 1.79 bits per heavy atom. The molecule has 3 aromatic rings. The second-order valence-electron chi connectivity index (χ2n) is 6.56. The van der Waals surface area contributed by atoms with Crippen molar-refractivity contribution in [3.8, 4) is 0 Å². The van der Waals surface area contributed by atoms with E-state index in [1.165, 1.54) is 18.3 Å². The van der Waals surface area contributed by atoms with Crippen molar-refractivity contribution in [3.63, 3.8) is 0 Å². The summed E-state index contributed by atoms with van der Waals surface area (Å²) in [6.07, 6.45) is 1.70. The first-order valence-electron chi connectivity index (χ1n) is 8.83. The lowest BCUT2D eigenvalue weighted by Crippen LogP contribution is -2.35. The molecule has 7 heteroatoms. The second kappa shape index (κ2) is 8.78. The Bertz CT molecular complexity index is 947. The number of ketones is 1. The molecule has 0 saturated carbocycles. The van der Waals surface area contributed by atoms with E-state index in [9.17, 15) is 19.2 Å². The summed E-state index contributed by atoms with van der Waals surface area (Å²) in [5.41, 5.74) is 2.44. The van der Waals surface area contributed by atoms with Gasteiger partial charge in [0, 0.05) is 31.8 Å². The molecule has 142 valence electrons. The normalized spacial score (nSPS) is 10.6. The monoisotopic (exact) mass is 378 g/mol. The molecule has 1 heterocycles. The summed E-state index contributed by atoms with van der Waals surface area (Å²) >= 11 is 0. The van der Waals surface area contributed by atoms with Gasteiger partial charge in [-0.25, -0.2) is 9.37 Å². The average Bonchev–Trinajstić information content (AvgIpc) is 2.70. The van der Waals surface area contributed by atoms with Crippen molar-refractivity contribution in [3.05, 3.63) is 89.4 Å². The van der Waals surface area contributed by atoms with Gasteiger partial charge in [0.05, 0.1) is 0 Å². The van der Waals surface area contributed by atoms with Crippen LogP contribution in [0.5, 0.6) is 0 Å². The minimum absolute atomic E-state index is 0.0953. The van der Waals surface area contributed by atoms with Crippen molar-refractivity contribution in [2.75, 3.05) is 11.9 Å². The number of pyridine rings is 1. The van der Waals surface area contributed by atoms with E-state index < -0.39 is 7.12 Å². The summed E-state index contributed by atoms with van der Waals surface area (Å²) in [5.74, 6) is 0.225. The molecule has 0 radical (unpaired) electrons. The van der Waals surface area contributed by atoms with Gasteiger partial charge in [-0.2, -0.15) is 0 Å². The van der Waals surface area contributed by atoms with Crippen LogP contribution in [-0.2, 0) is 13.0 Å². The third kappa shape index (κ3) is 4.82. The van der Waals surface area contributed by atoms with Crippen LogP contribution in [0.2, 0.25) is 0 Å². The molecule has 0 saturated heterocycles. The average molecular weight is 378 g/mol. The van der Waals surface area contributed by atoms with Crippen molar-refractivity contribution in [1.29, 1.82) is 0 Å². The fraction of sp³-hybridized carbons (Fsp3) is 0.143. The van der Waals surface area contributed by atoms with Gasteiger partial charge in [-0.1, -0.05) is 36.4 Å². The van der Waals surface area contributed by atoms with Gasteiger partial charge in [-0.3, -0.25) is 4.79 Å². The standard InChI is InChI=1S/C21H20BFN2O3/c1-25(14-17-4-2-3-5-19(17)22(27)28)21-11-8-16(13-24-21)20(26)12-15-6-9-18(23)10-7-15/h2-11,13,27-28H,12,14H2,1H3. The van der Waals surface area contributed by atoms with Crippen molar-refractivity contribution in [1.82, 2.24) is 4.98 Å². The molecule has 0 atom stereocenters. The zero-order chi connectivity index (χ0) is 20.1. The van der Waals surface area contributed by atoms with Crippen molar-refractivity contribution in [2.24, 2.45) is 0 Å². The van der Waals surface area contributed by atoms with Crippen LogP contribution in [0.1, 0.15) is 21.5 Å². The fourth-order valence-electron chi connectivity index (χ4n) is 2.93. The number of carbonyl (C=O) groups is 1. The molecule has 1 aromatic heterocycles. The molecule has 3 rings (SSSR count). The van der Waals surface area contributed by atoms with Gasteiger partial charge >= 0.3 is 7.12 Å². The number of halogens is 1. The Kier molecular flexibility index (Phi) is 6.18. The van der Waals surface area contributed by atoms with Gasteiger partial charge in [0.15, 0.2) is 5.78 Å². The molecule has 0 spiro atoms. The highest BCUT2D eigenvalue weighted by atomic mass is 19.1. The Labute approximate surface area is 163 Å². The number of rotatable bonds is 7. The number of benzene rings is 2. The number of Topliss-reactive ketones (excluding diaryl/α,β-unsaturated/α-hetero) is 1. The minimum atomic E-state index is -1.54. The molecule has 0 unspecified atom stereocenters. The molecule has 0 fully saturated rings. The predicted octanol–water partition coefficient (Wildman–Crippen LogP) is 1.96. The molecular weight excluding hydrogens is 358 g/mol. The predicted molar refractivity (Wildman–Crippen MR) is 107 cm³/mol. The van der Waals surface area contributed by atoms with Crippen molar-refractivity contribution < 1.29 is 19.2 Å². The van der Waals surface area contributed by atoms with Crippen LogP contribution in [-0.4, -0.2) is 35.0 Å². The highest BCUT2D eigenvalue weighted by Gasteiger charge is 2.17. The third-order valence-electron chi connectivity index (χ3n) is 4.48. The molecule has 0 aliphatic carbocycles. The Morgan fingerprint density at radius 3 is 2.43 bits per heavy atom. The molecule has 0 amide bonds. The van der Waals surface area contributed by atoms with Crippen LogP contribution in [0.15, 0.2) is 66.9 Å². The van der Waals surface area contributed by atoms with Crippen LogP contribution < -0.4 is 10.4 Å². The zero-order valence-electron chi connectivity index (χ0n) is 15.4. The number of nitrogens with zero attached hydrogens (tertiary/aromatic N) is 2. The fourth-order valence-corrected chi connectivity index (χ4v) is 2.93. The van der Waals surface area contributed by atoms with Crippen molar-refractivity contribution in [2.45, 2.75) is 13.0 Å². The second-order valence-corrected chi connectivity index (χ2v) is 6.56. The van der Waals surface area contributed by atoms with E-state index in [-0.39, 0.29) is 18.0 Å². The van der Waals surface area contributed by atoms with Crippen LogP contribution in [0, 0.1) is 5.82 Å². The van der Waals surface area contributed by atoms with Gasteiger partial charge < -0.3 is 14.9 Å². The molecule has 0 bridgehead atoms. The first-order valence-corrected chi connectivity index (χ1v) is 8.83. The van der Waals surface area contributed by atoms with Gasteiger partial charge in [0.2, 0.25) is 0 Å². The molecule has 2 aromatic carbocycles. The summed E-state index contributed by atoms with van der Waals surface area (Å²) < 4.78 is 13.0. The van der Waals surface area contributed by atoms with E-state index in [4.69, 9.17) is 0 Å². The van der Waals surface area contributed by atoms with Gasteiger partial charge in [0.1, 0.15) is 11.6 Å². The zero-order valence-corrected chi connectivity index (χ0v) is 15.4. The molecular formula is C21H20BFN2O3. The Balaban J connectivity index is 1.68. The largest absolute Gasteiger partial charge is 0.488 e. The first-order chi connectivity index (χ1) is 13.4. The lowest BCUT2D eigenvalue weighted by molar-refractivity contribution is 0.0992. The maximum atomic E-state index is 13.0. The molecule has 28 heavy (non-hydrogen) atoms. The maximum Gasteiger partial charge on any atom is 0.488 e. The summed E-state index contributed by atoms with van der Waals surface area (Å²) in [4.78, 5) is 18.6. The molecule has 5 nitrogen and oxygen atoms in total. The highest BCUT2D eigenvalue weighted by Crippen LogP contribution is 2.15. The van der Waals surface area contributed by atoms with Gasteiger partial charge in [0.25, 0.3) is 0 Å². The summed E-state index contributed by atoms with van der Waals surface area (Å²) in [7, 11) is 0.298. The number of aromatic nitrogens is 1. The van der Waals surface area contributed by atoms with Crippen molar-refractivity contribution >= 4 is 24.2 Å². The number of anilines is 1. The SMILES string of the molecule is CN(Cc1ccccc1B(O)O)c1ccc(C(=O)Cc2ccc(F)cc2)cn1. The third-order valence-corrected chi connectivity index (χ3v) is 4.48. The van der Waals surface area contributed by atoms with E-state index in [1.54, 1.807) is 36.4 Å². The first kappa shape index (κ1) is 19.7. The van der Waals surface area contributed by atoms with E-state index in [0.29, 0.717) is 23.4 Å². The molecule has 2 N–H and O–H groups in total. The molecule has 0 aliphatic rings. The number of hydrogen-bond acceptors (Lipinski definition) is 5. The smallest absolute Gasteiger partial charge is 0.423 e. The van der Waals surface area contributed by atoms with E-state index in [0.717, 1.165) is 11.1 Å². The lowest BCUT2D eigenvalue weighted by atomic mass is 9.77. The van der Waals surface area contributed by atoms with Crippen LogP contribution in [0.25, 0.3) is 0 Å². The van der Waals surface area contributed by atoms with E-state index in [1.807, 2.05) is 24.1 Å². The highest BCUT2D eigenvalue weighted by molar-refractivity contribution is 6.59. The summed E-state index contributed by atoms with van der Waals surface area (Å²) in [5, 5.41) is 19.0. The van der Waals surface area contributed by atoms with Crippen LogP contribution in [0.3, 0.4) is 0 Å². The van der Waals surface area contributed by atoms with Gasteiger partial charge in [-0.05, 0) is 40.9 Å². The number of hydrogen-bond donors (Lipinski definition) is 2. The minimum Gasteiger partial charge on any atom is -0.423 e. The van der Waals surface area contributed by atoms with Gasteiger partial charge in [-0.15, -0.1) is 0 Å². The Morgan fingerprint density at radius 1 is 1.07 bits per heavy atom.